The van der Waals surface area contributed by atoms with Crippen molar-refractivity contribution in [3.63, 3.8) is 0 Å². The molecule has 0 radical (unpaired) electrons. The van der Waals surface area contributed by atoms with Crippen molar-refractivity contribution in [1.82, 2.24) is 10.2 Å². The number of nitrogen functional groups attached to an aromatic ring is 1. The molecule has 0 aliphatic heterocycles. The molecule has 0 aromatic carbocycles. The number of hydrogen-bond acceptors (Lipinski definition) is 4. The van der Waals surface area contributed by atoms with Crippen molar-refractivity contribution in [2.24, 2.45) is 0 Å². The van der Waals surface area contributed by atoms with Gasteiger partial charge in [0.05, 0.1) is 0 Å². The van der Waals surface area contributed by atoms with Gasteiger partial charge in [-0.05, 0) is 25.3 Å². The number of nitrogens with two attached hydrogens (primary N) is 1. The van der Waals surface area contributed by atoms with Gasteiger partial charge in [0.2, 0.25) is 5.88 Å². The van der Waals surface area contributed by atoms with Crippen LogP contribution in [-0.4, -0.2) is 22.5 Å². The molecule has 14 heavy (non-hydrogen) atoms. The molecule has 2 rings (SSSR count). The summed E-state index contributed by atoms with van der Waals surface area (Å²) in [6.45, 7) is 0. The molecule has 0 bridgehead atoms. The molecule has 76 valence electrons. The number of alkyl halides is 1. The number of anilines is 1. The van der Waals surface area contributed by atoms with Crippen molar-refractivity contribution in [3.05, 3.63) is 12.1 Å². The van der Waals surface area contributed by atoms with Gasteiger partial charge in [0.15, 0.2) is 0 Å². The first-order valence-corrected chi connectivity index (χ1v) is 4.65. The summed E-state index contributed by atoms with van der Waals surface area (Å²) in [7, 11) is 0. The number of hydrogen-bond donors (Lipinski definition) is 1. The van der Waals surface area contributed by atoms with E-state index in [1.807, 2.05) is 0 Å². The van der Waals surface area contributed by atoms with Gasteiger partial charge < -0.3 is 10.5 Å². The van der Waals surface area contributed by atoms with Crippen LogP contribution in [0.25, 0.3) is 0 Å². The topological polar surface area (TPSA) is 61.0 Å². The van der Waals surface area contributed by atoms with Gasteiger partial charge in [-0.15, -0.1) is 10.2 Å². The Hall–Kier alpha value is -1.39. The Morgan fingerprint density at radius 1 is 1.36 bits per heavy atom. The summed E-state index contributed by atoms with van der Waals surface area (Å²) >= 11 is 0. The average Bonchev–Trinajstić information content (AvgIpc) is 2.56. The lowest BCUT2D eigenvalue weighted by Crippen LogP contribution is -2.22. The van der Waals surface area contributed by atoms with Crippen LogP contribution >= 0.6 is 0 Å². The lowest BCUT2D eigenvalue weighted by atomic mass is 10.3. The van der Waals surface area contributed by atoms with Gasteiger partial charge in [-0.25, -0.2) is 4.39 Å². The number of ether oxygens (including phenoxy) is 1. The van der Waals surface area contributed by atoms with Gasteiger partial charge in [-0.2, -0.15) is 0 Å². The molecule has 1 aliphatic rings. The van der Waals surface area contributed by atoms with E-state index in [2.05, 4.69) is 10.2 Å². The first kappa shape index (κ1) is 9.18. The van der Waals surface area contributed by atoms with Crippen LogP contribution in [0.2, 0.25) is 0 Å². The van der Waals surface area contributed by atoms with E-state index in [9.17, 15) is 4.39 Å². The van der Waals surface area contributed by atoms with Crippen molar-refractivity contribution < 1.29 is 9.13 Å². The molecule has 0 saturated heterocycles. The SMILES string of the molecule is Nc1ccc(O[C@H]2CCC[C@@H]2F)nn1. The van der Waals surface area contributed by atoms with Crippen LogP contribution < -0.4 is 10.5 Å². The highest BCUT2D eigenvalue weighted by Crippen LogP contribution is 2.25. The van der Waals surface area contributed by atoms with Crippen LogP contribution in [0.5, 0.6) is 5.88 Å². The largest absolute Gasteiger partial charge is 0.470 e. The Labute approximate surface area is 81.3 Å². The summed E-state index contributed by atoms with van der Waals surface area (Å²) in [5.41, 5.74) is 5.36. The first-order valence-electron chi connectivity index (χ1n) is 4.65. The minimum atomic E-state index is -0.880. The predicted octanol–water partition coefficient (Wildman–Crippen LogP) is 1.33. The number of aromatic nitrogens is 2. The fourth-order valence-electron chi connectivity index (χ4n) is 1.56. The Kier molecular flexibility index (Phi) is 2.47. The van der Waals surface area contributed by atoms with E-state index < -0.39 is 6.17 Å². The van der Waals surface area contributed by atoms with Crippen molar-refractivity contribution >= 4 is 5.82 Å². The molecule has 2 atom stereocenters. The van der Waals surface area contributed by atoms with Crippen molar-refractivity contribution in [2.45, 2.75) is 31.5 Å². The third kappa shape index (κ3) is 1.92. The maximum Gasteiger partial charge on any atom is 0.233 e. The molecule has 0 unspecified atom stereocenters. The highest BCUT2D eigenvalue weighted by molar-refractivity contribution is 5.27. The number of nitrogens with zero attached hydrogens (tertiary/aromatic N) is 2. The second-order valence-corrected chi connectivity index (χ2v) is 3.40. The van der Waals surface area contributed by atoms with Crippen LogP contribution in [-0.2, 0) is 0 Å². The molecule has 4 nitrogen and oxygen atoms in total. The van der Waals surface area contributed by atoms with Gasteiger partial charge in [0.25, 0.3) is 0 Å². The zero-order chi connectivity index (χ0) is 9.97. The average molecular weight is 197 g/mol. The summed E-state index contributed by atoms with van der Waals surface area (Å²) in [4.78, 5) is 0. The monoisotopic (exact) mass is 197 g/mol. The van der Waals surface area contributed by atoms with Gasteiger partial charge >= 0.3 is 0 Å². The highest BCUT2D eigenvalue weighted by atomic mass is 19.1. The number of halogens is 1. The summed E-state index contributed by atoms with van der Waals surface area (Å²) in [5, 5.41) is 7.34. The Morgan fingerprint density at radius 2 is 2.21 bits per heavy atom. The lowest BCUT2D eigenvalue weighted by molar-refractivity contribution is 0.119. The molecular weight excluding hydrogens is 185 g/mol. The Bertz CT molecular complexity index is 303. The van der Waals surface area contributed by atoms with E-state index in [4.69, 9.17) is 10.5 Å². The normalized spacial score (nSPS) is 26.4. The molecule has 0 amide bonds. The standard InChI is InChI=1S/C9H12FN3O/c10-6-2-1-3-7(6)14-9-5-4-8(11)12-13-9/h4-7H,1-3H2,(H2,11,12)/t6-,7-/m0/s1. The minimum absolute atomic E-state index is 0.334. The van der Waals surface area contributed by atoms with Crippen molar-refractivity contribution in [1.29, 1.82) is 0 Å². The van der Waals surface area contributed by atoms with Gasteiger partial charge in [-0.3, -0.25) is 0 Å². The van der Waals surface area contributed by atoms with E-state index in [0.717, 1.165) is 12.8 Å². The summed E-state index contributed by atoms with van der Waals surface area (Å²) in [6, 6.07) is 3.19. The highest BCUT2D eigenvalue weighted by Gasteiger charge is 2.28. The fraction of sp³-hybridized carbons (Fsp3) is 0.556. The molecule has 1 fully saturated rings. The van der Waals surface area contributed by atoms with Crippen LogP contribution in [0.4, 0.5) is 10.2 Å². The van der Waals surface area contributed by atoms with Crippen molar-refractivity contribution in [3.8, 4) is 5.88 Å². The second-order valence-electron chi connectivity index (χ2n) is 3.40. The maximum absolute atomic E-state index is 13.2. The van der Waals surface area contributed by atoms with Crippen LogP contribution in [0.1, 0.15) is 19.3 Å². The van der Waals surface area contributed by atoms with Gasteiger partial charge in [0, 0.05) is 6.07 Å². The summed E-state index contributed by atoms with van der Waals surface area (Å²) < 4.78 is 18.5. The minimum Gasteiger partial charge on any atom is -0.470 e. The van der Waals surface area contributed by atoms with Crippen LogP contribution in [0.15, 0.2) is 12.1 Å². The summed E-state index contributed by atoms with van der Waals surface area (Å²) in [5.74, 6) is 0.675. The molecule has 2 N–H and O–H groups in total. The number of rotatable bonds is 2. The van der Waals surface area contributed by atoms with E-state index in [-0.39, 0.29) is 6.10 Å². The lowest BCUT2D eigenvalue weighted by Gasteiger charge is -2.13. The molecule has 0 spiro atoms. The third-order valence-electron chi connectivity index (χ3n) is 2.30. The summed E-state index contributed by atoms with van der Waals surface area (Å²) in [6.07, 6.45) is 0.941. The quantitative estimate of drug-likeness (QED) is 0.776. The van der Waals surface area contributed by atoms with E-state index in [1.165, 1.54) is 0 Å². The van der Waals surface area contributed by atoms with Crippen LogP contribution in [0, 0.1) is 0 Å². The van der Waals surface area contributed by atoms with E-state index in [0.29, 0.717) is 18.1 Å². The zero-order valence-corrected chi connectivity index (χ0v) is 7.69. The van der Waals surface area contributed by atoms with Gasteiger partial charge in [-0.1, -0.05) is 0 Å². The third-order valence-corrected chi connectivity index (χ3v) is 2.30. The predicted molar refractivity (Wildman–Crippen MR) is 49.6 cm³/mol. The van der Waals surface area contributed by atoms with E-state index in [1.54, 1.807) is 12.1 Å². The zero-order valence-electron chi connectivity index (χ0n) is 7.69. The van der Waals surface area contributed by atoms with Crippen molar-refractivity contribution in [2.75, 3.05) is 5.73 Å². The molecule has 1 heterocycles. The van der Waals surface area contributed by atoms with Crippen LogP contribution in [0.3, 0.4) is 0 Å². The Morgan fingerprint density at radius 3 is 2.79 bits per heavy atom. The molecule has 1 saturated carbocycles. The fourth-order valence-corrected chi connectivity index (χ4v) is 1.56. The molecule has 1 aromatic heterocycles. The van der Waals surface area contributed by atoms with E-state index >= 15 is 0 Å². The first-order chi connectivity index (χ1) is 6.75. The Balaban J connectivity index is 2.00. The van der Waals surface area contributed by atoms with Gasteiger partial charge in [0.1, 0.15) is 18.1 Å². The smallest absolute Gasteiger partial charge is 0.233 e. The molecule has 1 aliphatic carbocycles. The maximum atomic E-state index is 13.2. The molecule has 1 aromatic rings. The molecule has 5 heteroatoms. The second kappa shape index (κ2) is 3.77. The molecular formula is C9H12FN3O.